The monoisotopic (exact) mass is 334 g/mol. The number of nitrogens with two attached hydrogens (primary N) is 1. The minimum atomic E-state index is -1.06. The van der Waals surface area contributed by atoms with Crippen LogP contribution in [0, 0.1) is 18.4 Å². The molecule has 1 fully saturated rings. The number of nitrogens with zero attached hydrogens (tertiary/aromatic N) is 4. The Labute approximate surface area is 136 Å². The van der Waals surface area contributed by atoms with Gasteiger partial charge in [0.25, 0.3) is 0 Å². The number of imidazole rings is 1. The average Bonchev–Trinajstić information content (AvgIpc) is 3.17. The molecule has 3 rings (SSSR count). The van der Waals surface area contributed by atoms with Crippen LogP contribution in [-0.2, 0) is 9.47 Å². The van der Waals surface area contributed by atoms with Crippen molar-refractivity contribution in [2.75, 3.05) is 19.4 Å². The predicted octanol–water partition coefficient (Wildman–Crippen LogP) is 0.585. The highest BCUT2D eigenvalue weighted by molar-refractivity contribution is 5.81. The van der Waals surface area contributed by atoms with Crippen molar-refractivity contribution in [1.82, 2.24) is 24.8 Å². The summed E-state index contributed by atoms with van der Waals surface area (Å²) in [5.41, 5.74) is 5.07. The number of terminal acetylenes is 1. The molecule has 3 heterocycles. The van der Waals surface area contributed by atoms with Crippen molar-refractivity contribution in [3.8, 4) is 12.3 Å². The molecule has 2 atom stereocenters. The largest absolute Gasteiger partial charge is 0.445 e. The van der Waals surface area contributed by atoms with Gasteiger partial charge in [-0.1, -0.05) is 5.92 Å². The van der Waals surface area contributed by atoms with E-state index in [0.29, 0.717) is 12.8 Å². The van der Waals surface area contributed by atoms with Crippen LogP contribution in [0.4, 0.5) is 15.0 Å². The molecule has 1 aliphatic heterocycles. The van der Waals surface area contributed by atoms with Crippen LogP contribution in [0.5, 0.6) is 0 Å². The SMILES string of the molecule is C#C[C@@]1(COC(=O)NC)CC[C@H](n2cnc3c(N)nc(F)nc32)O1. The standard InChI is InChI=1S/C14H15FN6O3/c1-3-14(6-23-13(22)17-2)5-4-8(24-14)21-7-18-9-10(16)19-12(15)20-11(9)21/h1,7-8H,4-6H2,2H3,(H,17,22)(H2,16,19,20)/t8-,14+/m1/s1. The second-order valence-corrected chi connectivity index (χ2v) is 5.28. The number of halogens is 1. The van der Waals surface area contributed by atoms with E-state index < -0.39 is 24.0 Å². The molecule has 0 saturated carbocycles. The fourth-order valence-corrected chi connectivity index (χ4v) is 2.56. The molecule has 126 valence electrons. The molecule has 9 nitrogen and oxygen atoms in total. The first-order chi connectivity index (χ1) is 11.5. The first-order valence-corrected chi connectivity index (χ1v) is 7.13. The molecular weight excluding hydrogens is 319 g/mol. The third-order valence-corrected chi connectivity index (χ3v) is 3.79. The number of hydrogen-bond donors (Lipinski definition) is 2. The van der Waals surface area contributed by atoms with Crippen LogP contribution in [0.25, 0.3) is 11.2 Å². The second kappa shape index (κ2) is 5.93. The van der Waals surface area contributed by atoms with Crippen LogP contribution in [0.2, 0.25) is 0 Å². The van der Waals surface area contributed by atoms with Crippen molar-refractivity contribution in [1.29, 1.82) is 0 Å². The highest BCUT2D eigenvalue weighted by atomic mass is 19.1. The van der Waals surface area contributed by atoms with E-state index in [0.717, 1.165) is 0 Å². The van der Waals surface area contributed by atoms with E-state index in [1.165, 1.54) is 17.9 Å². The highest BCUT2D eigenvalue weighted by Crippen LogP contribution is 2.37. The summed E-state index contributed by atoms with van der Waals surface area (Å²) in [5, 5.41) is 2.33. The van der Waals surface area contributed by atoms with Crippen molar-refractivity contribution >= 4 is 23.1 Å². The van der Waals surface area contributed by atoms with E-state index in [-0.39, 0.29) is 23.6 Å². The normalized spacial score (nSPS) is 23.1. The van der Waals surface area contributed by atoms with Crippen LogP contribution in [0.15, 0.2) is 6.33 Å². The molecular formula is C14H15FN6O3. The lowest BCUT2D eigenvalue weighted by Gasteiger charge is -2.23. The van der Waals surface area contributed by atoms with Crippen molar-refractivity contribution in [3.63, 3.8) is 0 Å². The number of ether oxygens (including phenoxy) is 2. The summed E-state index contributed by atoms with van der Waals surface area (Å²) < 4.78 is 25.9. The van der Waals surface area contributed by atoms with E-state index in [1.807, 2.05) is 0 Å². The number of amides is 1. The number of hydrogen-bond acceptors (Lipinski definition) is 7. The number of rotatable bonds is 3. The Bertz CT molecular complexity index is 832. The number of carbonyl (C=O) groups excluding carboxylic acids is 1. The molecule has 0 aliphatic carbocycles. The molecule has 10 heteroatoms. The minimum absolute atomic E-state index is 0.0552. The molecule has 0 unspecified atom stereocenters. The van der Waals surface area contributed by atoms with E-state index in [2.05, 4.69) is 26.2 Å². The van der Waals surface area contributed by atoms with Gasteiger partial charge in [0.15, 0.2) is 22.6 Å². The molecule has 0 spiro atoms. The van der Waals surface area contributed by atoms with Gasteiger partial charge in [0.2, 0.25) is 0 Å². The van der Waals surface area contributed by atoms with Gasteiger partial charge < -0.3 is 20.5 Å². The first kappa shape index (κ1) is 15.9. The molecule has 2 aromatic heterocycles. The Hall–Kier alpha value is -2.93. The third kappa shape index (κ3) is 2.69. The van der Waals surface area contributed by atoms with Crippen LogP contribution >= 0.6 is 0 Å². The summed E-state index contributed by atoms with van der Waals surface area (Å²) in [6.07, 6.45) is 5.87. The zero-order valence-corrected chi connectivity index (χ0v) is 12.8. The smallest absolute Gasteiger partial charge is 0.407 e. The third-order valence-electron chi connectivity index (χ3n) is 3.79. The number of alkyl carbamates (subject to hydrolysis) is 1. The van der Waals surface area contributed by atoms with Gasteiger partial charge >= 0.3 is 12.2 Å². The van der Waals surface area contributed by atoms with Crippen molar-refractivity contribution < 1.29 is 18.7 Å². The fourth-order valence-electron chi connectivity index (χ4n) is 2.56. The van der Waals surface area contributed by atoms with Gasteiger partial charge in [0.1, 0.15) is 12.8 Å². The van der Waals surface area contributed by atoms with Crippen molar-refractivity contribution in [2.45, 2.75) is 24.7 Å². The zero-order valence-electron chi connectivity index (χ0n) is 12.8. The quantitative estimate of drug-likeness (QED) is 0.623. The number of nitrogen functional groups attached to an aromatic ring is 1. The van der Waals surface area contributed by atoms with Gasteiger partial charge in [0, 0.05) is 7.05 Å². The molecule has 0 aromatic carbocycles. The predicted molar refractivity (Wildman–Crippen MR) is 81.0 cm³/mol. The van der Waals surface area contributed by atoms with E-state index in [4.69, 9.17) is 21.6 Å². The lowest BCUT2D eigenvalue weighted by molar-refractivity contribution is -0.0642. The van der Waals surface area contributed by atoms with Gasteiger partial charge in [0.05, 0.1) is 6.33 Å². The summed E-state index contributed by atoms with van der Waals surface area (Å²) in [6, 6.07) is 0. The Kier molecular flexibility index (Phi) is 3.94. The average molecular weight is 334 g/mol. The summed E-state index contributed by atoms with van der Waals surface area (Å²) in [4.78, 5) is 22.5. The van der Waals surface area contributed by atoms with Crippen molar-refractivity contribution in [3.05, 3.63) is 12.4 Å². The summed E-state index contributed by atoms with van der Waals surface area (Å²) in [7, 11) is 1.44. The summed E-state index contributed by atoms with van der Waals surface area (Å²) in [5.74, 6) is 2.47. The number of aromatic nitrogens is 4. The van der Waals surface area contributed by atoms with Crippen LogP contribution in [0.1, 0.15) is 19.1 Å². The minimum Gasteiger partial charge on any atom is -0.445 e. The molecule has 1 amide bonds. The maximum atomic E-state index is 13.4. The Morgan fingerprint density at radius 3 is 3.21 bits per heavy atom. The summed E-state index contributed by atoms with van der Waals surface area (Å²) in [6.45, 7) is -0.0994. The van der Waals surface area contributed by atoms with Gasteiger partial charge in [-0.3, -0.25) is 4.57 Å². The molecule has 1 saturated heterocycles. The Balaban J connectivity index is 1.85. The molecule has 2 aromatic rings. The topological polar surface area (TPSA) is 117 Å². The Morgan fingerprint density at radius 2 is 2.50 bits per heavy atom. The lowest BCUT2D eigenvalue weighted by Crippen LogP contribution is -2.35. The van der Waals surface area contributed by atoms with Crippen LogP contribution in [-0.4, -0.2) is 44.9 Å². The van der Waals surface area contributed by atoms with Gasteiger partial charge in [-0.05, 0) is 12.8 Å². The van der Waals surface area contributed by atoms with Crippen LogP contribution in [0.3, 0.4) is 0 Å². The van der Waals surface area contributed by atoms with E-state index >= 15 is 0 Å². The second-order valence-electron chi connectivity index (χ2n) is 5.28. The molecule has 0 radical (unpaired) electrons. The van der Waals surface area contributed by atoms with Crippen molar-refractivity contribution in [2.24, 2.45) is 0 Å². The van der Waals surface area contributed by atoms with Gasteiger partial charge in [-0.25, -0.2) is 9.78 Å². The maximum Gasteiger partial charge on any atom is 0.407 e. The number of anilines is 1. The molecule has 1 aliphatic rings. The first-order valence-electron chi connectivity index (χ1n) is 7.13. The molecule has 3 N–H and O–H groups in total. The number of fused-ring (bicyclic) bond motifs is 1. The van der Waals surface area contributed by atoms with E-state index in [9.17, 15) is 9.18 Å². The Morgan fingerprint density at radius 1 is 1.71 bits per heavy atom. The number of nitrogens with one attached hydrogen (secondary N) is 1. The molecule has 0 bridgehead atoms. The van der Waals surface area contributed by atoms with E-state index in [1.54, 1.807) is 0 Å². The van der Waals surface area contributed by atoms with Gasteiger partial charge in [-0.2, -0.15) is 14.4 Å². The highest BCUT2D eigenvalue weighted by Gasteiger charge is 2.41. The summed E-state index contributed by atoms with van der Waals surface area (Å²) >= 11 is 0. The fraction of sp³-hybridized carbons (Fsp3) is 0.429. The maximum absolute atomic E-state index is 13.4. The lowest BCUT2D eigenvalue weighted by atomic mass is 10.0. The molecule has 24 heavy (non-hydrogen) atoms. The zero-order chi connectivity index (χ0) is 17.3. The number of carbonyl (C=O) groups is 1. The van der Waals surface area contributed by atoms with Crippen LogP contribution < -0.4 is 11.1 Å². The van der Waals surface area contributed by atoms with Gasteiger partial charge in [-0.15, -0.1) is 6.42 Å².